The molecule has 0 radical (unpaired) electrons. The summed E-state index contributed by atoms with van der Waals surface area (Å²) in [7, 11) is 0. The highest BCUT2D eigenvalue weighted by atomic mass is 15.0. The Morgan fingerprint density at radius 3 is 2.50 bits per heavy atom. The number of rotatable bonds is 1. The molecule has 4 aromatic carbocycles. The lowest BCUT2D eigenvalue weighted by molar-refractivity contribution is 1.19. The van der Waals surface area contributed by atoms with Crippen LogP contribution in [0.25, 0.3) is 38.6 Å². The van der Waals surface area contributed by atoms with Crippen molar-refractivity contribution in [3.63, 3.8) is 0 Å². The van der Waals surface area contributed by atoms with Gasteiger partial charge >= 0.3 is 0 Å². The maximum Gasteiger partial charge on any atom is 0.248 e. The smallest absolute Gasteiger partial charge is 0.248 e. The van der Waals surface area contributed by atoms with Crippen LogP contribution in [0.3, 0.4) is 0 Å². The quantitative estimate of drug-likeness (QED) is 0.314. The summed E-state index contributed by atoms with van der Waals surface area (Å²) in [5.41, 5.74) is 11.8. The van der Waals surface area contributed by atoms with Gasteiger partial charge in [-0.1, -0.05) is 60.1 Å². The van der Waals surface area contributed by atoms with Gasteiger partial charge in [-0.3, -0.25) is 4.99 Å². The van der Waals surface area contributed by atoms with Gasteiger partial charge in [-0.05, 0) is 53.0 Å². The van der Waals surface area contributed by atoms with Gasteiger partial charge in [-0.2, -0.15) is 0 Å². The minimum Gasteiger partial charge on any atom is -0.310 e. The zero-order valence-corrected chi connectivity index (χ0v) is 15.2. The third-order valence-electron chi connectivity index (χ3n) is 6.47. The monoisotopic (exact) mass is 354 g/mol. The molecule has 3 heteroatoms. The number of hydrogen-bond donors (Lipinski definition) is 0. The predicted molar refractivity (Wildman–Crippen MR) is 120 cm³/mol. The van der Waals surface area contributed by atoms with Crippen molar-refractivity contribution in [2.24, 2.45) is 4.99 Å². The summed E-state index contributed by atoms with van der Waals surface area (Å²) in [6.07, 6.45) is 0. The van der Waals surface area contributed by atoms with Crippen molar-refractivity contribution in [1.82, 2.24) is 4.57 Å². The number of benzene rings is 4. The van der Waals surface area contributed by atoms with Gasteiger partial charge in [-0.15, -0.1) is 0 Å². The van der Waals surface area contributed by atoms with Crippen LogP contribution in [0.2, 0.25) is 0 Å². The highest BCUT2D eigenvalue weighted by molar-refractivity contribution is 7.01. The molecule has 0 amide bonds. The van der Waals surface area contributed by atoms with Crippen LogP contribution < -0.4 is 16.4 Å². The Kier molecular flexibility index (Phi) is 2.49. The molecule has 0 fully saturated rings. The van der Waals surface area contributed by atoms with Crippen molar-refractivity contribution in [1.29, 1.82) is 0 Å². The molecular weight excluding hydrogens is 339 g/mol. The molecule has 2 aliphatic rings. The Hall–Kier alpha value is -3.59. The third-order valence-corrected chi connectivity index (χ3v) is 6.47. The first-order chi connectivity index (χ1) is 13.9. The van der Waals surface area contributed by atoms with Crippen LogP contribution in [0.15, 0.2) is 83.9 Å². The van der Waals surface area contributed by atoms with E-state index in [0.717, 1.165) is 5.69 Å². The molecule has 0 spiro atoms. The summed E-state index contributed by atoms with van der Waals surface area (Å²) >= 11 is 0. The molecule has 0 saturated carbocycles. The molecule has 0 atom stereocenters. The minimum atomic E-state index is 0.305. The Balaban J connectivity index is 1.74. The Morgan fingerprint density at radius 2 is 1.57 bits per heavy atom. The molecule has 0 aliphatic carbocycles. The van der Waals surface area contributed by atoms with Gasteiger partial charge in [0.05, 0.1) is 11.2 Å². The maximum absolute atomic E-state index is 4.16. The van der Waals surface area contributed by atoms with Gasteiger partial charge in [0, 0.05) is 22.0 Å². The van der Waals surface area contributed by atoms with Crippen LogP contribution in [0.4, 0.5) is 5.69 Å². The normalized spacial score (nSPS) is 13.1. The lowest BCUT2D eigenvalue weighted by Gasteiger charge is -2.24. The van der Waals surface area contributed by atoms with Crippen molar-refractivity contribution in [2.45, 2.75) is 0 Å². The van der Waals surface area contributed by atoms with E-state index in [4.69, 9.17) is 0 Å². The Labute approximate surface area is 162 Å². The van der Waals surface area contributed by atoms with E-state index in [9.17, 15) is 0 Å². The number of para-hydroxylation sites is 1. The summed E-state index contributed by atoms with van der Waals surface area (Å²) < 4.78 is 2.45. The lowest BCUT2D eigenvalue weighted by Crippen LogP contribution is -2.53. The van der Waals surface area contributed by atoms with Gasteiger partial charge in [-0.25, -0.2) is 0 Å². The predicted octanol–water partition coefficient (Wildman–Crippen LogP) is 3.93. The summed E-state index contributed by atoms with van der Waals surface area (Å²) in [5.74, 6) is 0. The van der Waals surface area contributed by atoms with Crippen LogP contribution in [-0.2, 0) is 0 Å². The summed E-state index contributed by atoms with van der Waals surface area (Å²) in [4.78, 5) is 4.16. The Bertz CT molecular complexity index is 1490. The molecule has 28 heavy (non-hydrogen) atoms. The van der Waals surface area contributed by atoms with E-state index in [1.54, 1.807) is 0 Å². The van der Waals surface area contributed by atoms with E-state index in [0.29, 0.717) is 6.71 Å². The van der Waals surface area contributed by atoms with Gasteiger partial charge in [0.15, 0.2) is 0 Å². The molecule has 0 unspecified atom stereocenters. The molecule has 1 aromatic heterocycles. The third kappa shape index (κ3) is 1.51. The highest BCUT2D eigenvalue weighted by Crippen LogP contribution is 2.37. The molecule has 5 aromatic rings. The molecular formula is C25H15BN2. The van der Waals surface area contributed by atoms with Crippen molar-refractivity contribution < 1.29 is 0 Å². The molecule has 7 rings (SSSR count). The van der Waals surface area contributed by atoms with Crippen LogP contribution >= 0.6 is 0 Å². The Morgan fingerprint density at radius 1 is 0.750 bits per heavy atom. The van der Waals surface area contributed by atoms with Crippen LogP contribution in [0, 0.1) is 0 Å². The van der Waals surface area contributed by atoms with E-state index in [2.05, 4.69) is 95.1 Å². The fraction of sp³-hybridized carbons (Fsp3) is 0. The van der Waals surface area contributed by atoms with Crippen molar-refractivity contribution >= 4 is 57.3 Å². The molecule has 0 bridgehead atoms. The van der Waals surface area contributed by atoms with E-state index < -0.39 is 0 Å². The molecule has 0 saturated heterocycles. The lowest BCUT2D eigenvalue weighted by atomic mass is 9.37. The van der Waals surface area contributed by atoms with Gasteiger partial charge in [0.25, 0.3) is 0 Å². The second-order valence-corrected chi connectivity index (χ2v) is 7.70. The molecule has 3 heterocycles. The molecule has 0 N–H and O–H groups in total. The topological polar surface area (TPSA) is 17.3 Å². The van der Waals surface area contributed by atoms with Crippen LogP contribution in [-0.4, -0.2) is 18.0 Å². The highest BCUT2D eigenvalue weighted by Gasteiger charge is 2.40. The maximum atomic E-state index is 4.16. The van der Waals surface area contributed by atoms with E-state index in [1.165, 1.54) is 55.0 Å². The summed E-state index contributed by atoms with van der Waals surface area (Å²) in [6, 6.07) is 28.7. The van der Waals surface area contributed by atoms with Crippen molar-refractivity contribution in [2.75, 3.05) is 0 Å². The fourth-order valence-electron chi connectivity index (χ4n) is 5.42. The van der Waals surface area contributed by atoms with Crippen molar-refractivity contribution in [3.8, 4) is 16.8 Å². The van der Waals surface area contributed by atoms with Gasteiger partial charge < -0.3 is 4.57 Å². The average Bonchev–Trinajstić information content (AvgIpc) is 3.27. The number of aliphatic imine (C=N–C) groups is 1. The zero-order valence-electron chi connectivity index (χ0n) is 15.2. The number of fused-ring (bicyclic) bond motifs is 8. The standard InChI is InChI=1S/C25H15BN2/c1-27-15-12-13-22-19(14-15)18-8-4-10-21-25(18)28(22)23-11-5-7-17-16-6-2-3-9-20(16)26(21)24(17)23/h2-14H,1H2. The fourth-order valence-corrected chi connectivity index (χ4v) is 5.42. The first kappa shape index (κ1) is 14.5. The largest absolute Gasteiger partial charge is 0.310 e. The zero-order chi connectivity index (χ0) is 18.4. The summed E-state index contributed by atoms with van der Waals surface area (Å²) in [6.45, 7) is 4.02. The number of hydrogen-bond acceptors (Lipinski definition) is 1. The second kappa shape index (κ2) is 4.82. The van der Waals surface area contributed by atoms with Gasteiger partial charge in [0.2, 0.25) is 6.71 Å². The molecule has 2 aliphatic heterocycles. The van der Waals surface area contributed by atoms with Crippen molar-refractivity contribution in [3.05, 3.63) is 78.9 Å². The number of aromatic nitrogens is 1. The van der Waals surface area contributed by atoms with E-state index >= 15 is 0 Å². The van der Waals surface area contributed by atoms with Crippen LogP contribution in [0.5, 0.6) is 0 Å². The first-order valence-electron chi connectivity index (χ1n) is 9.63. The summed E-state index contributed by atoms with van der Waals surface area (Å²) in [5, 5.41) is 2.53. The number of nitrogens with zero attached hydrogens (tertiary/aromatic N) is 2. The molecule has 128 valence electrons. The van der Waals surface area contributed by atoms with E-state index in [-0.39, 0.29) is 0 Å². The average molecular weight is 354 g/mol. The molecule has 2 nitrogen and oxygen atoms in total. The SMILES string of the molecule is C=Nc1ccc2c(c1)c1cccc3c1n2-c1cccc2c1B3c1ccccc1-2. The minimum absolute atomic E-state index is 0.305. The van der Waals surface area contributed by atoms with E-state index in [1.807, 2.05) is 0 Å². The van der Waals surface area contributed by atoms with Gasteiger partial charge in [0.1, 0.15) is 0 Å². The van der Waals surface area contributed by atoms with Crippen LogP contribution in [0.1, 0.15) is 0 Å². The second-order valence-electron chi connectivity index (χ2n) is 7.70. The first-order valence-corrected chi connectivity index (χ1v) is 9.63.